The Kier molecular flexibility index (Phi) is 6.39. The Bertz CT molecular complexity index is 729. The Morgan fingerprint density at radius 3 is 2.76 bits per heavy atom. The molecule has 2 aromatic rings. The van der Waals surface area contributed by atoms with Gasteiger partial charge in [-0.15, -0.1) is 6.58 Å². The Hall–Kier alpha value is -3.03. The van der Waals surface area contributed by atoms with Crippen LogP contribution in [-0.4, -0.2) is 48.4 Å². The summed E-state index contributed by atoms with van der Waals surface area (Å²) >= 11 is 0. The number of benzene rings is 1. The van der Waals surface area contributed by atoms with Crippen LogP contribution in [0.3, 0.4) is 0 Å². The molecule has 1 heterocycles. The molecular formula is C17H22N4O4. The Morgan fingerprint density at radius 1 is 1.36 bits per heavy atom. The molecule has 8 heteroatoms. The van der Waals surface area contributed by atoms with Gasteiger partial charge < -0.3 is 24.2 Å². The fourth-order valence-electron chi connectivity index (χ4n) is 2.21. The quantitative estimate of drug-likeness (QED) is 0.739. The first-order valence-corrected chi connectivity index (χ1v) is 7.81. The second-order valence-corrected chi connectivity index (χ2v) is 5.09. The van der Waals surface area contributed by atoms with E-state index in [4.69, 9.17) is 14.0 Å². The molecule has 1 aromatic heterocycles. The Balaban J connectivity index is 2.18. The molecule has 0 bridgehead atoms. The average Bonchev–Trinajstić information content (AvgIpc) is 3.09. The van der Waals surface area contributed by atoms with Crippen molar-refractivity contribution < 1.29 is 18.8 Å². The number of urea groups is 1. The van der Waals surface area contributed by atoms with Gasteiger partial charge in [0.1, 0.15) is 6.54 Å². The van der Waals surface area contributed by atoms with Crippen LogP contribution in [0, 0.1) is 0 Å². The zero-order chi connectivity index (χ0) is 18.2. The third kappa shape index (κ3) is 4.50. The van der Waals surface area contributed by atoms with Crippen LogP contribution in [0.25, 0.3) is 11.4 Å². The molecule has 0 fully saturated rings. The lowest BCUT2D eigenvalue weighted by Crippen LogP contribution is -2.39. The molecule has 0 aliphatic rings. The van der Waals surface area contributed by atoms with Gasteiger partial charge in [0.05, 0.1) is 14.2 Å². The van der Waals surface area contributed by atoms with Crippen LogP contribution < -0.4 is 14.8 Å². The van der Waals surface area contributed by atoms with Crippen LogP contribution in [0.2, 0.25) is 0 Å². The lowest BCUT2D eigenvalue weighted by Gasteiger charge is -2.18. The van der Waals surface area contributed by atoms with E-state index in [1.54, 1.807) is 38.5 Å². The molecule has 0 atom stereocenters. The van der Waals surface area contributed by atoms with Gasteiger partial charge in [-0.3, -0.25) is 0 Å². The van der Waals surface area contributed by atoms with Crippen molar-refractivity contribution in [1.82, 2.24) is 20.4 Å². The minimum atomic E-state index is -0.215. The summed E-state index contributed by atoms with van der Waals surface area (Å²) in [6.07, 6.45) is 1.64. The number of ether oxygens (including phenoxy) is 2. The smallest absolute Gasteiger partial charge is 0.318 e. The van der Waals surface area contributed by atoms with E-state index in [2.05, 4.69) is 22.0 Å². The van der Waals surface area contributed by atoms with Gasteiger partial charge in [-0.2, -0.15) is 4.98 Å². The molecular weight excluding hydrogens is 324 g/mol. The number of carbonyl (C=O) groups excluding carboxylic acids is 1. The molecule has 134 valence electrons. The van der Waals surface area contributed by atoms with Gasteiger partial charge >= 0.3 is 6.03 Å². The van der Waals surface area contributed by atoms with Crippen molar-refractivity contribution in [3.05, 3.63) is 36.7 Å². The second kappa shape index (κ2) is 8.72. The van der Waals surface area contributed by atoms with E-state index in [9.17, 15) is 4.79 Å². The first kappa shape index (κ1) is 18.3. The van der Waals surface area contributed by atoms with E-state index in [0.29, 0.717) is 36.3 Å². The van der Waals surface area contributed by atoms with Gasteiger partial charge in [-0.25, -0.2) is 4.79 Å². The van der Waals surface area contributed by atoms with E-state index >= 15 is 0 Å². The summed E-state index contributed by atoms with van der Waals surface area (Å²) in [5.74, 6) is 1.92. The number of methoxy groups -OCH3 is 2. The molecule has 0 aliphatic carbocycles. The lowest BCUT2D eigenvalue weighted by molar-refractivity contribution is 0.193. The van der Waals surface area contributed by atoms with E-state index in [0.717, 1.165) is 5.56 Å². The van der Waals surface area contributed by atoms with Gasteiger partial charge in [0, 0.05) is 18.7 Å². The zero-order valence-corrected chi connectivity index (χ0v) is 14.6. The average molecular weight is 346 g/mol. The van der Waals surface area contributed by atoms with Crippen molar-refractivity contribution in [2.24, 2.45) is 0 Å². The van der Waals surface area contributed by atoms with Gasteiger partial charge in [0.25, 0.3) is 0 Å². The van der Waals surface area contributed by atoms with Crippen LogP contribution >= 0.6 is 0 Å². The van der Waals surface area contributed by atoms with Crippen molar-refractivity contribution in [1.29, 1.82) is 0 Å². The number of rotatable bonds is 8. The fourth-order valence-corrected chi connectivity index (χ4v) is 2.21. The Labute approximate surface area is 146 Å². The first-order chi connectivity index (χ1) is 12.1. The third-order valence-electron chi connectivity index (χ3n) is 3.40. The van der Waals surface area contributed by atoms with Gasteiger partial charge in [-0.1, -0.05) is 11.2 Å². The van der Waals surface area contributed by atoms with Crippen molar-refractivity contribution in [3.8, 4) is 22.9 Å². The topological polar surface area (TPSA) is 89.7 Å². The first-order valence-electron chi connectivity index (χ1n) is 7.81. The molecule has 2 rings (SSSR count). The third-order valence-corrected chi connectivity index (χ3v) is 3.40. The molecule has 1 aromatic carbocycles. The summed E-state index contributed by atoms with van der Waals surface area (Å²) in [5.41, 5.74) is 0.723. The van der Waals surface area contributed by atoms with Crippen LogP contribution in [-0.2, 0) is 6.54 Å². The van der Waals surface area contributed by atoms with Crippen molar-refractivity contribution in [3.63, 3.8) is 0 Å². The maximum Gasteiger partial charge on any atom is 0.318 e. The fraction of sp³-hybridized carbons (Fsp3) is 0.353. The highest BCUT2D eigenvalue weighted by atomic mass is 16.5. The zero-order valence-electron chi connectivity index (χ0n) is 14.6. The van der Waals surface area contributed by atoms with Gasteiger partial charge in [0.15, 0.2) is 11.5 Å². The molecule has 1 N–H and O–H groups in total. The van der Waals surface area contributed by atoms with E-state index in [-0.39, 0.29) is 12.6 Å². The predicted molar refractivity (Wildman–Crippen MR) is 92.5 cm³/mol. The maximum atomic E-state index is 12.0. The van der Waals surface area contributed by atoms with Crippen LogP contribution in [0.1, 0.15) is 12.8 Å². The SMILES string of the molecule is C=CCN(Cc1nc(-c2ccc(OC)c(OC)c2)no1)C(=O)NCC. The molecule has 0 radical (unpaired) electrons. The maximum absolute atomic E-state index is 12.0. The highest BCUT2D eigenvalue weighted by Gasteiger charge is 2.17. The summed E-state index contributed by atoms with van der Waals surface area (Å²) in [4.78, 5) is 17.9. The summed E-state index contributed by atoms with van der Waals surface area (Å²) in [7, 11) is 3.13. The minimum Gasteiger partial charge on any atom is -0.493 e. The molecule has 25 heavy (non-hydrogen) atoms. The Morgan fingerprint density at radius 2 is 2.12 bits per heavy atom. The minimum absolute atomic E-state index is 0.193. The number of amides is 2. The molecule has 0 spiro atoms. The number of carbonyl (C=O) groups is 1. The molecule has 2 amide bonds. The molecule has 8 nitrogen and oxygen atoms in total. The van der Waals surface area contributed by atoms with E-state index < -0.39 is 0 Å². The summed E-state index contributed by atoms with van der Waals surface area (Å²) in [5, 5.41) is 6.70. The van der Waals surface area contributed by atoms with Crippen LogP contribution in [0.4, 0.5) is 4.79 Å². The van der Waals surface area contributed by atoms with Gasteiger partial charge in [-0.05, 0) is 25.1 Å². The predicted octanol–water partition coefficient (Wildman–Crippen LogP) is 2.47. The van der Waals surface area contributed by atoms with Crippen molar-refractivity contribution in [2.75, 3.05) is 27.3 Å². The van der Waals surface area contributed by atoms with Crippen LogP contribution in [0.5, 0.6) is 11.5 Å². The summed E-state index contributed by atoms with van der Waals surface area (Å²) in [6.45, 7) is 6.61. The van der Waals surface area contributed by atoms with Crippen LogP contribution in [0.15, 0.2) is 35.4 Å². The highest BCUT2D eigenvalue weighted by molar-refractivity contribution is 5.74. The molecule has 0 saturated carbocycles. The number of hydrogen-bond acceptors (Lipinski definition) is 6. The monoisotopic (exact) mass is 346 g/mol. The summed E-state index contributed by atoms with van der Waals surface area (Å²) in [6, 6.07) is 5.12. The number of nitrogens with one attached hydrogen (secondary N) is 1. The second-order valence-electron chi connectivity index (χ2n) is 5.09. The molecule has 0 saturated heterocycles. The summed E-state index contributed by atoms with van der Waals surface area (Å²) < 4.78 is 15.8. The van der Waals surface area contributed by atoms with Crippen molar-refractivity contribution in [2.45, 2.75) is 13.5 Å². The highest BCUT2D eigenvalue weighted by Crippen LogP contribution is 2.31. The largest absolute Gasteiger partial charge is 0.493 e. The standard InChI is InChI=1S/C17H22N4O4/c1-5-9-21(17(22)18-6-2)11-15-19-16(20-25-15)12-7-8-13(23-3)14(10-12)24-4/h5,7-8,10H,1,6,9,11H2,2-4H3,(H,18,22). The normalized spacial score (nSPS) is 10.2. The molecule has 0 unspecified atom stereocenters. The van der Waals surface area contributed by atoms with E-state index in [1.807, 2.05) is 6.92 Å². The lowest BCUT2D eigenvalue weighted by atomic mass is 10.2. The number of hydrogen-bond donors (Lipinski definition) is 1. The number of aromatic nitrogens is 2. The number of nitrogens with zero attached hydrogens (tertiary/aromatic N) is 3. The molecule has 0 aliphatic heterocycles. The van der Waals surface area contributed by atoms with Crippen molar-refractivity contribution >= 4 is 6.03 Å². The van der Waals surface area contributed by atoms with E-state index in [1.165, 1.54) is 4.90 Å². The van der Waals surface area contributed by atoms with Gasteiger partial charge in [0.2, 0.25) is 11.7 Å².